The van der Waals surface area contributed by atoms with Crippen LogP contribution in [0, 0.1) is 6.92 Å². The van der Waals surface area contributed by atoms with Crippen LogP contribution in [0.4, 0.5) is 0 Å². The number of carbonyl (C=O) groups excluding carboxylic acids is 1. The van der Waals surface area contributed by atoms with Crippen LogP contribution in [0.25, 0.3) is 11.4 Å². The van der Waals surface area contributed by atoms with E-state index in [0.29, 0.717) is 6.54 Å². The lowest BCUT2D eigenvalue weighted by Crippen LogP contribution is -2.41. The topological polar surface area (TPSA) is 84.0 Å². The number of piperidine rings is 1. The third-order valence-corrected chi connectivity index (χ3v) is 4.10. The van der Waals surface area contributed by atoms with Crippen LogP contribution in [-0.2, 0) is 9.53 Å². The van der Waals surface area contributed by atoms with E-state index in [9.17, 15) is 4.79 Å². The number of ether oxygens (including phenoxy) is 1. The maximum absolute atomic E-state index is 12.0. The number of hydrogen-bond acceptors (Lipinski definition) is 5. The van der Waals surface area contributed by atoms with Gasteiger partial charge in [-0.2, -0.15) is 5.10 Å². The Morgan fingerprint density at radius 2 is 2.26 bits per heavy atom. The highest BCUT2D eigenvalue weighted by Gasteiger charge is 2.25. The fourth-order valence-corrected chi connectivity index (χ4v) is 2.89. The van der Waals surface area contributed by atoms with Crippen LogP contribution in [0.15, 0.2) is 18.5 Å². The van der Waals surface area contributed by atoms with Crippen LogP contribution in [0.3, 0.4) is 0 Å². The minimum atomic E-state index is 0.0359. The van der Waals surface area contributed by atoms with Crippen LogP contribution in [0.5, 0.6) is 0 Å². The lowest BCUT2D eigenvalue weighted by atomic mass is 9.95. The molecule has 1 N–H and O–H groups in total. The first-order valence-corrected chi connectivity index (χ1v) is 7.78. The van der Waals surface area contributed by atoms with Gasteiger partial charge >= 0.3 is 0 Å². The number of rotatable bonds is 4. The predicted octanol–water partition coefficient (Wildman–Crippen LogP) is 1.53. The standard InChI is InChI=1S/C16H21N5O2/c1-11-6-13(20-19-11)15-8-17-14(7-18-15)12-4-3-5-21(9-12)16(22)10-23-2/h6-8,12H,3-5,9-10H2,1-2H3,(H,19,20)/t12-/m1/s1. The van der Waals surface area contributed by atoms with Gasteiger partial charge in [-0.15, -0.1) is 0 Å². The Balaban J connectivity index is 1.70. The van der Waals surface area contributed by atoms with Crippen molar-refractivity contribution >= 4 is 5.91 Å². The number of aromatic amines is 1. The Kier molecular flexibility index (Phi) is 4.66. The van der Waals surface area contributed by atoms with E-state index < -0.39 is 0 Å². The molecule has 1 atom stereocenters. The van der Waals surface area contributed by atoms with Crippen LogP contribution in [0.1, 0.15) is 30.1 Å². The van der Waals surface area contributed by atoms with Crippen LogP contribution in [0.2, 0.25) is 0 Å². The molecule has 1 aliphatic rings. The Labute approximate surface area is 135 Å². The van der Waals surface area contributed by atoms with Gasteiger partial charge in [0.2, 0.25) is 5.91 Å². The molecule has 3 rings (SSSR count). The molecule has 0 radical (unpaired) electrons. The van der Waals surface area contributed by atoms with Crippen molar-refractivity contribution < 1.29 is 9.53 Å². The summed E-state index contributed by atoms with van der Waals surface area (Å²) >= 11 is 0. The molecule has 0 aliphatic carbocycles. The molecule has 0 unspecified atom stereocenters. The zero-order chi connectivity index (χ0) is 16.2. The zero-order valence-corrected chi connectivity index (χ0v) is 13.5. The number of methoxy groups -OCH3 is 1. The van der Waals surface area contributed by atoms with Crippen molar-refractivity contribution in [3.05, 3.63) is 29.8 Å². The molecule has 1 aliphatic heterocycles. The molecule has 1 amide bonds. The van der Waals surface area contributed by atoms with Crippen molar-refractivity contribution in [3.63, 3.8) is 0 Å². The normalized spacial score (nSPS) is 18.2. The summed E-state index contributed by atoms with van der Waals surface area (Å²) in [5.41, 5.74) is 3.46. The summed E-state index contributed by atoms with van der Waals surface area (Å²) in [6, 6.07) is 1.94. The Bertz CT molecular complexity index is 667. The average Bonchev–Trinajstić information content (AvgIpc) is 3.02. The van der Waals surface area contributed by atoms with Gasteiger partial charge in [-0.1, -0.05) is 0 Å². The number of aromatic nitrogens is 4. The van der Waals surface area contributed by atoms with E-state index in [1.807, 2.05) is 17.9 Å². The second kappa shape index (κ2) is 6.87. The summed E-state index contributed by atoms with van der Waals surface area (Å²) in [4.78, 5) is 22.8. The van der Waals surface area contributed by atoms with Crippen molar-refractivity contribution in [3.8, 4) is 11.4 Å². The summed E-state index contributed by atoms with van der Waals surface area (Å²) in [5, 5.41) is 7.09. The Hall–Kier alpha value is -2.28. The number of aryl methyl sites for hydroxylation is 1. The quantitative estimate of drug-likeness (QED) is 0.925. The number of nitrogens with zero attached hydrogens (tertiary/aromatic N) is 4. The smallest absolute Gasteiger partial charge is 0.248 e. The summed E-state index contributed by atoms with van der Waals surface area (Å²) in [5.74, 6) is 0.265. The molecule has 1 fully saturated rings. The highest BCUT2D eigenvalue weighted by molar-refractivity contribution is 5.77. The van der Waals surface area contributed by atoms with E-state index in [1.165, 1.54) is 0 Å². The number of nitrogens with one attached hydrogen (secondary N) is 1. The number of amides is 1. The van der Waals surface area contributed by atoms with Gasteiger partial charge in [0.15, 0.2) is 0 Å². The molecule has 7 heteroatoms. The highest BCUT2D eigenvalue weighted by Crippen LogP contribution is 2.26. The minimum absolute atomic E-state index is 0.0359. The zero-order valence-electron chi connectivity index (χ0n) is 13.5. The summed E-state index contributed by atoms with van der Waals surface area (Å²) in [7, 11) is 1.54. The molecule has 2 aromatic rings. The van der Waals surface area contributed by atoms with Crippen molar-refractivity contribution in [2.24, 2.45) is 0 Å². The Morgan fingerprint density at radius 1 is 1.39 bits per heavy atom. The molecule has 7 nitrogen and oxygen atoms in total. The molecule has 23 heavy (non-hydrogen) atoms. The lowest BCUT2D eigenvalue weighted by Gasteiger charge is -2.32. The van der Waals surface area contributed by atoms with Crippen LogP contribution in [-0.4, -0.2) is 57.8 Å². The van der Waals surface area contributed by atoms with E-state index >= 15 is 0 Å². The van der Waals surface area contributed by atoms with E-state index in [-0.39, 0.29) is 18.4 Å². The van der Waals surface area contributed by atoms with Crippen molar-refractivity contribution in [2.75, 3.05) is 26.8 Å². The fraction of sp³-hybridized carbons (Fsp3) is 0.500. The number of H-pyrrole nitrogens is 1. The fourth-order valence-electron chi connectivity index (χ4n) is 2.89. The van der Waals surface area contributed by atoms with Crippen molar-refractivity contribution in [2.45, 2.75) is 25.7 Å². The molecule has 0 aromatic carbocycles. The first-order valence-electron chi connectivity index (χ1n) is 7.78. The van der Waals surface area contributed by atoms with Gasteiger partial charge in [0, 0.05) is 38.0 Å². The Morgan fingerprint density at radius 3 is 2.91 bits per heavy atom. The van der Waals surface area contributed by atoms with E-state index in [0.717, 1.165) is 42.2 Å². The number of likely N-dealkylation sites (tertiary alicyclic amines) is 1. The van der Waals surface area contributed by atoms with Gasteiger partial charge in [-0.05, 0) is 25.8 Å². The van der Waals surface area contributed by atoms with E-state index in [4.69, 9.17) is 4.74 Å². The highest BCUT2D eigenvalue weighted by atomic mass is 16.5. The van der Waals surface area contributed by atoms with Gasteiger partial charge in [-0.25, -0.2) is 0 Å². The van der Waals surface area contributed by atoms with Gasteiger partial charge in [-0.3, -0.25) is 19.9 Å². The minimum Gasteiger partial charge on any atom is -0.375 e. The van der Waals surface area contributed by atoms with E-state index in [1.54, 1.807) is 19.5 Å². The molecule has 0 bridgehead atoms. The lowest BCUT2D eigenvalue weighted by molar-refractivity contribution is -0.136. The van der Waals surface area contributed by atoms with Gasteiger partial charge in [0.25, 0.3) is 0 Å². The van der Waals surface area contributed by atoms with Crippen molar-refractivity contribution in [1.82, 2.24) is 25.1 Å². The molecule has 0 saturated carbocycles. The van der Waals surface area contributed by atoms with Gasteiger partial charge in [0.05, 0.1) is 11.9 Å². The van der Waals surface area contributed by atoms with E-state index in [2.05, 4.69) is 20.2 Å². The largest absolute Gasteiger partial charge is 0.375 e. The molecular weight excluding hydrogens is 294 g/mol. The average molecular weight is 315 g/mol. The third-order valence-electron chi connectivity index (χ3n) is 4.10. The van der Waals surface area contributed by atoms with Crippen LogP contribution >= 0.6 is 0 Å². The first kappa shape index (κ1) is 15.6. The van der Waals surface area contributed by atoms with Gasteiger partial charge in [0.1, 0.15) is 18.0 Å². The number of carbonyl (C=O) groups is 1. The van der Waals surface area contributed by atoms with Crippen molar-refractivity contribution in [1.29, 1.82) is 0 Å². The molecule has 122 valence electrons. The SMILES string of the molecule is COCC(=O)N1CCC[C@@H](c2cnc(-c3cc(C)[nH]n3)cn2)C1. The first-order chi connectivity index (χ1) is 11.2. The molecular formula is C16H21N5O2. The van der Waals surface area contributed by atoms with Crippen LogP contribution < -0.4 is 0 Å². The summed E-state index contributed by atoms with van der Waals surface area (Å²) in [6.07, 6.45) is 5.55. The van der Waals surface area contributed by atoms with Gasteiger partial charge < -0.3 is 9.64 Å². The maximum Gasteiger partial charge on any atom is 0.248 e. The monoisotopic (exact) mass is 315 g/mol. The number of hydrogen-bond donors (Lipinski definition) is 1. The molecule has 0 spiro atoms. The third kappa shape index (κ3) is 3.56. The maximum atomic E-state index is 12.0. The molecule has 2 aromatic heterocycles. The summed E-state index contributed by atoms with van der Waals surface area (Å²) in [6.45, 7) is 3.55. The summed E-state index contributed by atoms with van der Waals surface area (Å²) < 4.78 is 4.94. The second-order valence-electron chi connectivity index (χ2n) is 5.87. The predicted molar refractivity (Wildman–Crippen MR) is 84.8 cm³/mol. The second-order valence-corrected chi connectivity index (χ2v) is 5.87. The molecule has 3 heterocycles. The molecule has 1 saturated heterocycles.